The van der Waals surface area contributed by atoms with Gasteiger partial charge in [0.2, 0.25) is 11.0 Å². The van der Waals surface area contributed by atoms with Crippen LogP contribution in [0.3, 0.4) is 0 Å². The third kappa shape index (κ3) is 3.36. The van der Waals surface area contributed by atoms with Gasteiger partial charge in [0.15, 0.2) is 5.01 Å². The van der Waals surface area contributed by atoms with E-state index in [9.17, 15) is 4.79 Å². The van der Waals surface area contributed by atoms with Crippen molar-refractivity contribution in [2.45, 2.75) is 25.8 Å². The summed E-state index contributed by atoms with van der Waals surface area (Å²) in [5.74, 6) is 0.0433. The molecule has 0 unspecified atom stereocenters. The molecular weight excluding hydrogens is 286 g/mol. The van der Waals surface area contributed by atoms with E-state index >= 15 is 0 Å². The fourth-order valence-electron chi connectivity index (χ4n) is 2.44. The number of piperidine rings is 1. The van der Waals surface area contributed by atoms with E-state index in [1.165, 1.54) is 0 Å². The summed E-state index contributed by atoms with van der Waals surface area (Å²) >= 11 is 1.56. The molecule has 0 radical (unpaired) electrons. The van der Waals surface area contributed by atoms with Gasteiger partial charge in [-0.15, -0.1) is 10.2 Å². The fraction of sp³-hybridized carbons (Fsp3) is 0.429. The minimum absolute atomic E-state index is 0.0433. The molecule has 110 valence electrons. The van der Waals surface area contributed by atoms with Gasteiger partial charge in [-0.25, -0.2) is 0 Å². The molecule has 1 fully saturated rings. The van der Waals surface area contributed by atoms with E-state index in [0.717, 1.165) is 41.8 Å². The molecule has 1 aliphatic heterocycles. The zero-order chi connectivity index (χ0) is 14.7. The van der Waals surface area contributed by atoms with Crippen LogP contribution in [-0.2, 0) is 4.79 Å². The molecule has 7 heteroatoms. The summed E-state index contributed by atoms with van der Waals surface area (Å²) in [5.41, 5.74) is 0.856. The van der Waals surface area contributed by atoms with Crippen LogP contribution >= 0.6 is 11.3 Å². The van der Waals surface area contributed by atoms with Crippen molar-refractivity contribution in [3.8, 4) is 10.7 Å². The van der Waals surface area contributed by atoms with Crippen molar-refractivity contribution in [2.75, 3.05) is 18.0 Å². The molecule has 0 saturated carbocycles. The maximum absolute atomic E-state index is 11.1. The van der Waals surface area contributed by atoms with Crippen LogP contribution in [0.1, 0.15) is 19.8 Å². The van der Waals surface area contributed by atoms with Crippen LogP contribution in [0.2, 0.25) is 0 Å². The van der Waals surface area contributed by atoms with Crippen LogP contribution in [0.4, 0.5) is 5.13 Å². The number of carbonyl (C=O) groups is 1. The van der Waals surface area contributed by atoms with Gasteiger partial charge in [0.1, 0.15) is 5.69 Å². The molecular formula is C14H17N5OS. The third-order valence-corrected chi connectivity index (χ3v) is 4.48. The first kappa shape index (κ1) is 13.9. The van der Waals surface area contributed by atoms with Gasteiger partial charge in [-0.3, -0.25) is 9.78 Å². The molecule has 1 N–H and O–H groups in total. The van der Waals surface area contributed by atoms with Crippen molar-refractivity contribution in [3.63, 3.8) is 0 Å². The molecule has 1 aliphatic rings. The van der Waals surface area contributed by atoms with Gasteiger partial charge in [-0.05, 0) is 25.0 Å². The lowest BCUT2D eigenvalue weighted by Gasteiger charge is -2.31. The number of hydrogen-bond acceptors (Lipinski definition) is 6. The largest absolute Gasteiger partial charge is 0.353 e. The van der Waals surface area contributed by atoms with E-state index in [1.54, 1.807) is 24.5 Å². The van der Waals surface area contributed by atoms with Crippen molar-refractivity contribution < 1.29 is 4.79 Å². The quantitative estimate of drug-likeness (QED) is 0.934. The predicted molar refractivity (Wildman–Crippen MR) is 82.2 cm³/mol. The molecule has 0 bridgehead atoms. The topological polar surface area (TPSA) is 71.0 Å². The Labute approximate surface area is 127 Å². The first-order valence-electron chi connectivity index (χ1n) is 6.99. The Morgan fingerprint density at radius 2 is 2.14 bits per heavy atom. The molecule has 0 aromatic carbocycles. The normalized spacial score (nSPS) is 16.0. The lowest BCUT2D eigenvalue weighted by molar-refractivity contribution is -0.119. The summed E-state index contributed by atoms with van der Waals surface area (Å²) in [4.78, 5) is 17.6. The number of carbonyl (C=O) groups excluding carboxylic acids is 1. The van der Waals surface area contributed by atoms with Gasteiger partial charge in [-0.2, -0.15) is 0 Å². The summed E-state index contributed by atoms with van der Waals surface area (Å²) in [6.45, 7) is 3.35. The van der Waals surface area contributed by atoms with Crippen molar-refractivity contribution in [2.24, 2.45) is 0 Å². The van der Waals surface area contributed by atoms with Crippen molar-refractivity contribution in [3.05, 3.63) is 24.4 Å². The number of amides is 1. The van der Waals surface area contributed by atoms with E-state index in [4.69, 9.17) is 0 Å². The van der Waals surface area contributed by atoms with Crippen LogP contribution in [0.15, 0.2) is 24.4 Å². The summed E-state index contributed by atoms with van der Waals surface area (Å²) in [5, 5.41) is 13.2. The average Bonchev–Trinajstić information content (AvgIpc) is 2.98. The minimum Gasteiger partial charge on any atom is -0.353 e. The molecule has 2 aromatic heterocycles. The van der Waals surface area contributed by atoms with E-state index in [1.807, 2.05) is 18.2 Å². The highest BCUT2D eigenvalue weighted by atomic mass is 32.1. The van der Waals surface area contributed by atoms with E-state index < -0.39 is 0 Å². The van der Waals surface area contributed by atoms with Gasteiger partial charge in [0, 0.05) is 32.3 Å². The van der Waals surface area contributed by atoms with Gasteiger partial charge in [0.25, 0.3) is 0 Å². The maximum atomic E-state index is 11.1. The molecule has 3 rings (SSSR count). The van der Waals surface area contributed by atoms with Gasteiger partial charge < -0.3 is 10.2 Å². The monoisotopic (exact) mass is 303 g/mol. The molecule has 21 heavy (non-hydrogen) atoms. The summed E-state index contributed by atoms with van der Waals surface area (Å²) in [7, 11) is 0. The van der Waals surface area contributed by atoms with Gasteiger partial charge in [0.05, 0.1) is 0 Å². The van der Waals surface area contributed by atoms with E-state index in [2.05, 4.69) is 25.4 Å². The molecule has 3 heterocycles. The van der Waals surface area contributed by atoms with Gasteiger partial charge >= 0.3 is 0 Å². The Hall–Kier alpha value is -2.02. The zero-order valence-electron chi connectivity index (χ0n) is 11.8. The second-order valence-corrected chi connectivity index (χ2v) is 6.02. The summed E-state index contributed by atoms with van der Waals surface area (Å²) < 4.78 is 0. The fourth-order valence-corrected chi connectivity index (χ4v) is 3.31. The highest BCUT2D eigenvalue weighted by Crippen LogP contribution is 2.28. The standard InChI is InChI=1S/C14H17N5OS/c1-10(20)16-11-5-8-19(9-6-11)14-18-17-13(21-14)12-4-2-3-7-15-12/h2-4,7,11H,5-6,8-9H2,1H3,(H,16,20). The first-order chi connectivity index (χ1) is 10.2. The van der Waals surface area contributed by atoms with E-state index in [-0.39, 0.29) is 11.9 Å². The number of pyridine rings is 1. The highest BCUT2D eigenvalue weighted by molar-refractivity contribution is 7.18. The van der Waals surface area contributed by atoms with Crippen LogP contribution in [-0.4, -0.2) is 40.2 Å². The molecule has 0 atom stereocenters. The SMILES string of the molecule is CC(=O)NC1CCN(c2nnc(-c3ccccn3)s2)CC1. The van der Waals surface area contributed by atoms with Crippen molar-refractivity contribution in [1.29, 1.82) is 0 Å². The first-order valence-corrected chi connectivity index (χ1v) is 7.81. The van der Waals surface area contributed by atoms with E-state index in [0.29, 0.717) is 0 Å². The summed E-state index contributed by atoms with van der Waals surface area (Å²) in [6.07, 6.45) is 3.64. The average molecular weight is 303 g/mol. The predicted octanol–water partition coefficient (Wildman–Crippen LogP) is 1.70. The van der Waals surface area contributed by atoms with Crippen molar-refractivity contribution >= 4 is 22.4 Å². The molecule has 0 spiro atoms. The Balaban J connectivity index is 1.64. The van der Waals surface area contributed by atoms with Crippen LogP contribution < -0.4 is 10.2 Å². The van der Waals surface area contributed by atoms with Crippen molar-refractivity contribution in [1.82, 2.24) is 20.5 Å². The number of aromatic nitrogens is 3. The Kier molecular flexibility index (Phi) is 4.10. The van der Waals surface area contributed by atoms with Crippen LogP contribution in [0.25, 0.3) is 10.7 Å². The molecule has 1 amide bonds. The zero-order valence-corrected chi connectivity index (χ0v) is 12.6. The minimum atomic E-state index is 0.0433. The highest BCUT2D eigenvalue weighted by Gasteiger charge is 2.22. The Bertz CT molecular complexity index is 607. The number of hydrogen-bond donors (Lipinski definition) is 1. The smallest absolute Gasteiger partial charge is 0.217 e. The molecule has 2 aromatic rings. The number of nitrogens with one attached hydrogen (secondary N) is 1. The second kappa shape index (κ2) is 6.17. The molecule has 6 nitrogen and oxygen atoms in total. The lowest BCUT2D eigenvalue weighted by atomic mass is 10.1. The Morgan fingerprint density at radius 1 is 1.33 bits per heavy atom. The summed E-state index contributed by atoms with van der Waals surface area (Å²) in [6, 6.07) is 6.05. The second-order valence-electron chi connectivity index (χ2n) is 5.07. The Morgan fingerprint density at radius 3 is 2.81 bits per heavy atom. The molecule has 1 saturated heterocycles. The number of nitrogens with zero attached hydrogens (tertiary/aromatic N) is 4. The van der Waals surface area contributed by atoms with Gasteiger partial charge in [-0.1, -0.05) is 17.4 Å². The third-order valence-electron chi connectivity index (χ3n) is 3.47. The number of rotatable bonds is 3. The maximum Gasteiger partial charge on any atom is 0.217 e. The number of anilines is 1. The molecule has 0 aliphatic carbocycles. The van der Waals surface area contributed by atoms with Crippen LogP contribution in [0.5, 0.6) is 0 Å². The van der Waals surface area contributed by atoms with Crippen LogP contribution in [0, 0.1) is 0 Å². The lowest BCUT2D eigenvalue weighted by Crippen LogP contribution is -2.44.